The number of esters is 1. The first-order valence-electron chi connectivity index (χ1n) is 8.05. The number of ether oxygens (including phenoxy) is 1. The van der Waals surface area contributed by atoms with Crippen LogP contribution in [0.1, 0.15) is 38.2 Å². The van der Waals surface area contributed by atoms with Gasteiger partial charge in [-0.15, -0.1) is 0 Å². The maximum absolute atomic E-state index is 12.9. The Balaban J connectivity index is 1.80. The van der Waals surface area contributed by atoms with E-state index in [0.717, 1.165) is 30.7 Å². The molecule has 0 amide bonds. The van der Waals surface area contributed by atoms with Gasteiger partial charge in [-0.05, 0) is 31.2 Å². The summed E-state index contributed by atoms with van der Waals surface area (Å²) in [5.41, 5.74) is 1.72. The standard InChI is InChI=1S/C18H21NO2/c1-2-21-16(20)18-14-10-6-7-11-17(14,18)12-19-15(18)13-8-4-3-5-9-13/h3-5,8-9,14H,2,6-7,10-12H2,1H3. The molecular weight excluding hydrogens is 262 g/mol. The molecule has 4 rings (SSSR count). The Morgan fingerprint density at radius 2 is 2.14 bits per heavy atom. The highest BCUT2D eigenvalue weighted by molar-refractivity contribution is 6.21. The van der Waals surface area contributed by atoms with Crippen LogP contribution in [-0.4, -0.2) is 24.8 Å². The molecule has 3 atom stereocenters. The van der Waals surface area contributed by atoms with Crippen molar-refractivity contribution in [2.75, 3.05) is 13.2 Å². The predicted molar refractivity (Wildman–Crippen MR) is 81.3 cm³/mol. The van der Waals surface area contributed by atoms with Gasteiger partial charge in [-0.25, -0.2) is 0 Å². The fourth-order valence-corrected chi connectivity index (χ4v) is 5.00. The first-order valence-corrected chi connectivity index (χ1v) is 8.05. The van der Waals surface area contributed by atoms with Crippen molar-refractivity contribution in [2.24, 2.45) is 21.7 Å². The summed E-state index contributed by atoms with van der Waals surface area (Å²) in [5.74, 6) is 0.419. The molecule has 1 aromatic carbocycles. The third-order valence-corrected chi connectivity index (χ3v) is 5.79. The number of carbonyl (C=O) groups is 1. The van der Waals surface area contributed by atoms with Crippen LogP contribution in [-0.2, 0) is 9.53 Å². The van der Waals surface area contributed by atoms with E-state index < -0.39 is 5.41 Å². The summed E-state index contributed by atoms with van der Waals surface area (Å²) in [4.78, 5) is 17.7. The van der Waals surface area contributed by atoms with Crippen LogP contribution in [0.3, 0.4) is 0 Å². The number of benzene rings is 1. The second-order valence-corrected chi connectivity index (χ2v) is 6.51. The van der Waals surface area contributed by atoms with Crippen LogP contribution in [0.5, 0.6) is 0 Å². The summed E-state index contributed by atoms with van der Waals surface area (Å²) >= 11 is 0. The number of rotatable bonds is 3. The van der Waals surface area contributed by atoms with Crippen LogP contribution in [0.15, 0.2) is 35.3 Å². The predicted octanol–water partition coefficient (Wildman–Crippen LogP) is 3.23. The van der Waals surface area contributed by atoms with E-state index in [1.807, 2.05) is 25.1 Å². The van der Waals surface area contributed by atoms with Gasteiger partial charge in [0.2, 0.25) is 0 Å². The van der Waals surface area contributed by atoms with Gasteiger partial charge < -0.3 is 4.74 Å². The van der Waals surface area contributed by atoms with Crippen LogP contribution in [0, 0.1) is 16.7 Å². The summed E-state index contributed by atoms with van der Waals surface area (Å²) in [7, 11) is 0. The van der Waals surface area contributed by atoms with Crippen molar-refractivity contribution in [1.82, 2.24) is 0 Å². The first kappa shape index (κ1) is 13.1. The zero-order valence-electron chi connectivity index (χ0n) is 12.5. The number of hydrogen-bond donors (Lipinski definition) is 0. The van der Waals surface area contributed by atoms with Crippen molar-refractivity contribution in [1.29, 1.82) is 0 Å². The minimum absolute atomic E-state index is 0.0306. The molecule has 1 spiro atoms. The average Bonchev–Trinajstić information content (AvgIpc) is 3.00. The molecule has 1 aliphatic heterocycles. The quantitative estimate of drug-likeness (QED) is 0.799. The molecule has 1 heterocycles. The van der Waals surface area contributed by atoms with Crippen LogP contribution in [0.4, 0.5) is 0 Å². The van der Waals surface area contributed by atoms with E-state index in [2.05, 4.69) is 12.1 Å². The molecule has 3 aliphatic rings. The molecule has 2 fully saturated rings. The maximum atomic E-state index is 12.9. The Kier molecular flexibility index (Phi) is 2.75. The average molecular weight is 283 g/mol. The van der Waals surface area contributed by atoms with Crippen LogP contribution in [0.2, 0.25) is 0 Å². The monoisotopic (exact) mass is 283 g/mol. The lowest BCUT2D eigenvalue weighted by molar-refractivity contribution is -0.148. The number of fused-ring (bicyclic) bond motifs is 1. The third kappa shape index (κ3) is 1.44. The molecule has 3 unspecified atom stereocenters. The van der Waals surface area contributed by atoms with Gasteiger partial charge >= 0.3 is 5.97 Å². The van der Waals surface area contributed by atoms with Gasteiger partial charge in [0.05, 0.1) is 12.3 Å². The molecule has 1 aromatic rings. The Morgan fingerprint density at radius 1 is 1.33 bits per heavy atom. The Hall–Kier alpha value is -1.64. The van der Waals surface area contributed by atoms with Gasteiger partial charge in [0.25, 0.3) is 0 Å². The highest BCUT2D eigenvalue weighted by Gasteiger charge is 2.84. The number of carbonyl (C=O) groups excluding carboxylic acids is 1. The molecule has 2 aliphatic carbocycles. The number of hydrogen-bond acceptors (Lipinski definition) is 3. The lowest BCUT2D eigenvalue weighted by Gasteiger charge is -2.18. The molecule has 110 valence electrons. The minimum Gasteiger partial charge on any atom is -0.465 e. The van der Waals surface area contributed by atoms with Crippen molar-refractivity contribution in [2.45, 2.75) is 32.6 Å². The molecule has 3 heteroatoms. The van der Waals surface area contributed by atoms with Gasteiger partial charge in [-0.1, -0.05) is 43.2 Å². The SMILES string of the molecule is CCOC(=O)C12C(c3ccccc3)=NCC13CCCCC32. The van der Waals surface area contributed by atoms with Crippen molar-refractivity contribution < 1.29 is 9.53 Å². The van der Waals surface area contributed by atoms with Gasteiger partial charge in [0, 0.05) is 12.0 Å². The number of aliphatic imine (C=N–C) groups is 1. The van der Waals surface area contributed by atoms with E-state index in [-0.39, 0.29) is 11.4 Å². The Bertz CT molecular complexity index is 609. The molecule has 21 heavy (non-hydrogen) atoms. The van der Waals surface area contributed by atoms with Crippen LogP contribution < -0.4 is 0 Å². The van der Waals surface area contributed by atoms with Gasteiger partial charge in [0.1, 0.15) is 5.41 Å². The topological polar surface area (TPSA) is 38.7 Å². The summed E-state index contributed by atoms with van der Waals surface area (Å²) < 4.78 is 5.49. The molecule has 0 aromatic heterocycles. The third-order valence-electron chi connectivity index (χ3n) is 5.79. The van der Waals surface area contributed by atoms with Crippen molar-refractivity contribution >= 4 is 11.7 Å². The second kappa shape index (κ2) is 4.43. The molecule has 0 N–H and O–H groups in total. The minimum atomic E-state index is -0.444. The fourth-order valence-electron chi connectivity index (χ4n) is 5.00. The molecule has 0 bridgehead atoms. The van der Waals surface area contributed by atoms with Crippen molar-refractivity contribution in [3.05, 3.63) is 35.9 Å². The normalized spacial score (nSPS) is 36.4. The molecule has 2 saturated carbocycles. The number of nitrogens with zero attached hydrogens (tertiary/aromatic N) is 1. The highest BCUT2D eigenvalue weighted by atomic mass is 16.5. The summed E-state index contributed by atoms with van der Waals surface area (Å²) in [6.07, 6.45) is 4.71. The lowest BCUT2D eigenvalue weighted by Crippen LogP contribution is -2.32. The maximum Gasteiger partial charge on any atom is 0.319 e. The zero-order valence-corrected chi connectivity index (χ0v) is 12.5. The lowest BCUT2D eigenvalue weighted by atomic mass is 9.84. The Labute approximate surface area is 125 Å². The van der Waals surface area contributed by atoms with E-state index in [0.29, 0.717) is 12.5 Å². The zero-order chi connectivity index (χ0) is 14.5. The Morgan fingerprint density at radius 3 is 2.86 bits per heavy atom. The highest BCUT2D eigenvalue weighted by Crippen LogP contribution is 2.79. The summed E-state index contributed by atoms with van der Waals surface area (Å²) in [6.45, 7) is 3.15. The molecule has 0 saturated heterocycles. The smallest absolute Gasteiger partial charge is 0.319 e. The van der Waals surface area contributed by atoms with Crippen LogP contribution >= 0.6 is 0 Å². The first-order chi connectivity index (χ1) is 10.3. The fraction of sp³-hybridized carbons (Fsp3) is 0.556. The van der Waals surface area contributed by atoms with E-state index in [1.54, 1.807) is 0 Å². The largest absolute Gasteiger partial charge is 0.465 e. The van der Waals surface area contributed by atoms with Crippen molar-refractivity contribution in [3.63, 3.8) is 0 Å². The van der Waals surface area contributed by atoms with Crippen molar-refractivity contribution in [3.8, 4) is 0 Å². The second-order valence-electron chi connectivity index (χ2n) is 6.51. The molecule has 3 nitrogen and oxygen atoms in total. The van der Waals surface area contributed by atoms with Gasteiger partial charge in [0.15, 0.2) is 0 Å². The van der Waals surface area contributed by atoms with E-state index in [4.69, 9.17) is 9.73 Å². The molecular formula is C18H21NO2. The van der Waals surface area contributed by atoms with Crippen LogP contribution in [0.25, 0.3) is 0 Å². The summed E-state index contributed by atoms with van der Waals surface area (Å²) in [5, 5.41) is 0. The summed E-state index contributed by atoms with van der Waals surface area (Å²) in [6, 6.07) is 10.2. The van der Waals surface area contributed by atoms with Gasteiger partial charge in [-0.2, -0.15) is 0 Å². The van der Waals surface area contributed by atoms with E-state index >= 15 is 0 Å². The molecule has 0 radical (unpaired) electrons. The van der Waals surface area contributed by atoms with Gasteiger partial charge in [-0.3, -0.25) is 9.79 Å². The van der Waals surface area contributed by atoms with E-state index in [9.17, 15) is 4.79 Å². The van der Waals surface area contributed by atoms with E-state index in [1.165, 1.54) is 12.8 Å².